The number of amides is 1. The number of carbonyl (C=O) groups is 1. The SMILES string of the molecule is COc1ccccc1NC(=O)c1oc2c(c1C)/C(=N/NC(=S)Nc1ccccc1)CCC2. The fourth-order valence-corrected chi connectivity index (χ4v) is 3.89. The van der Waals surface area contributed by atoms with Gasteiger partial charge >= 0.3 is 0 Å². The predicted molar refractivity (Wildman–Crippen MR) is 130 cm³/mol. The van der Waals surface area contributed by atoms with E-state index in [2.05, 4.69) is 21.2 Å². The lowest BCUT2D eigenvalue weighted by atomic mass is 9.93. The number of carbonyl (C=O) groups excluding carboxylic acids is 1. The zero-order chi connectivity index (χ0) is 22.5. The van der Waals surface area contributed by atoms with E-state index in [0.29, 0.717) is 16.5 Å². The molecule has 1 aromatic heterocycles. The van der Waals surface area contributed by atoms with Crippen molar-refractivity contribution in [3.8, 4) is 5.75 Å². The van der Waals surface area contributed by atoms with Gasteiger partial charge in [-0.15, -0.1) is 0 Å². The van der Waals surface area contributed by atoms with Crippen LogP contribution in [0.4, 0.5) is 11.4 Å². The second-order valence-corrected chi connectivity index (χ2v) is 7.76. The normalized spacial score (nSPS) is 13.9. The summed E-state index contributed by atoms with van der Waals surface area (Å²) in [6.07, 6.45) is 2.40. The Morgan fingerprint density at radius 2 is 1.81 bits per heavy atom. The quantitative estimate of drug-likeness (QED) is 0.381. The van der Waals surface area contributed by atoms with E-state index in [0.717, 1.165) is 47.5 Å². The van der Waals surface area contributed by atoms with E-state index < -0.39 is 0 Å². The van der Waals surface area contributed by atoms with E-state index in [9.17, 15) is 4.79 Å². The van der Waals surface area contributed by atoms with Crippen LogP contribution in [0.15, 0.2) is 64.1 Å². The van der Waals surface area contributed by atoms with E-state index in [4.69, 9.17) is 21.4 Å². The Morgan fingerprint density at radius 1 is 1.06 bits per heavy atom. The highest BCUT2D eigenvalue weighted by Crippen LogP contribution is 2.31. The molecule has 2 aromatic carbocycles. The molecule has 8 heteroatoms. The Labute approximate surface area is 191 Å². The second-order valence-electron chi connectivity index (χ2n) is 7.35. The lowest BCUT2D eigenvalue weighted by molar-refractivity contribution is 0.0993. The molecule has 0 spiro atoms. The van der Waals surface area contributed by atoms with Gasteiger partial charge in [-0.1, -0.05) is 30.3 Å². The lowest BCUT2D eigenvalue weighted by Crippen LogP contribution is -2.26. The number of para-hydroxylation sites is 3. The van der Waals surface area contributed by atoms with Gasteiger partial charge in [0, 0.05) is 23.2 Å². The van der Waals surface area contributed by atoms with Gasteiger partial charge in [0.25, 0.3) is 5.91 Å². The number of nitrogens with zero attached hydrogens (tertiary/aromatic N) is 1. The topological polar surface area (TPSA) is 87.9 Å². The molecule has 164 valence electrons. The van der Waals surface area contributed by atoms with Crippen LogP contribution in [0.1, 0.15) is 40.3 Å². The van der Waals surface area contributed by atoms with Crippen molar-refractivity contribution < 1.29 is 13.9 Å². The number of hydrazone groups is 1. The van der Waals surface area contributed by atoms with Crippen LogP contribution in [0.25, 0.3) is 0 Å². The minimum absolute atomic E-state index is 0.278. The smallest absolute Gasteiger partial charge is 0.291 e. The highest BCUT2D eigenvalue weighted by atomic mass is 32.1. The number of nitrogens with one attached hydrogen (secondary N) is 3. The summed E-state index contributed by atoms with van der Waals surface area (Å²) in [5, 5.41) is 10.9. The Balaban J connectivity index is 1.53. The average Bonchev–Trinajstić information content (AvgIpc) is 3.16. The summed E-state index contributed by atoms with van der Waals surface area (Å²) < 4.78 is 11.3. The molecule has 32 heavy (non-hydrogen) atoms. The first-order valence-corrected chi connectivity index (χ1v) is 10.7. The molecule has 1 aliphatic carbocycles. The fourth-order valence-electron chi connectivity index (χ4n) is 3.72. The Bertz CT molecular complexity index is 1170. The number of hydrogen-bond acceptors (Lipinski definition) is 5. The maximum atomic E-state index is 13.0. The lowest BCUT2D eigenvalue weighted by Gasteiger charge is -2.14. The van der Waals surface area contributed by atoms with Gasteiger partial charge in [-0.25, -0.2) is 0 Å². The van der Waals surface area contributed by atoms with Crippen LogP contribution in [-0.4, -0.2) is 23.8 Å². The number of hydrogen-bond donors (Lipinski definition) is 3. The Kier molecular flexibility index (Phi) is 6.51. The maximum absolute atomic E-state index is 13.0. The molecule has 0 saturated heterocycles. The van der Waals surface area contributed by atoms with Crippen molar-refractivity contribution in [3.63, 3.8) is 0 Å². The Hall–Kier alpha value is -3.65. The highest BCUT2D eigenvalue weighted by molar-refractivity contribution is 7.80. The molecule has 4 rings (SSSR count). The largest absolute Gasteiger partial charge is 0.495 e. The molecule has 0 fully saturated rings. The molecule has 1 heterocycles. The minimum atomic E-state index is -0.324. The first-order valence-electron chi connectivity index (χ1n) is 10.3. The molecule has 1 aliphatic rings. The number of furan rings is 1. The van der Waals surface area contributed by atoms with Gasteiger partial charge < -0.3 is 19.8 Å². The number of ether oxygens (including phenoxy) is 1. The van der Waals surface area contributed by atoms with Gasteiger partial charge in [-0.05, 0) is 56.2 Å². The van der Waals surface area contributed by atoms with Crippen molar-refractivity contribution >= 4 is 40.3 Å². The van der Waals surface area contributed by atoms with E-state index in [1.54, 1.807) is 19.2 Å². The number of aryl methyl sites for hydroxylation is 1. The molecular formula is C24H24N4O3S. The van der Waals surface area contributed by atoms with E-state index in [-0.39, 0.29) is 11.7 Å². The molecule has 3 N–H and O–H groups in total. The molecule has 0 radical (unpaired) electrons. The summed E-state index contributed by atoms with van der Waals surface area (Å²) in [7, 11) is 1.56. The number of fused-ring (bicyclic) bond motifs is 1. The second kappa shape index (κ2) is 9.65. The third-order valence-electron chi connectivity index (χ3n) is 5.21. The third-order valence-corrected chi connectivity index (χ3v) is 5.40. The van der Waals surface area contributed by atoms with Gasteiger partial charge in [0.05, 0.1) is 18.5 Å². The molecule has 3 aromatic rings. The van der Waals surface area contributed by atoms with Crippen LogP contribution in [0.2, 0.25) is 0 Å². The summed E-state index contributed by atoms with van der Waals surface area (Å²) in [5.74, 6) is 1.30. The number of anilines is 2. The highest BCUT2D eigenvalue weighted by Gasteiger charge is 2.28. The summed E-state index contributed by atoms with van der Waals surface area (Å²) >= 11 is 5.35. The first-order chi connectivity index (χ1) is 15.6. The minimum Gasteiger partial charge on any atom is -0.495 e. The molecule has 0 aliphatic heterocycles. The van der Waals surface area contributed by atoms with Crippen LogP contribution >= 0.6 is 12.2 Å². The maximum Gasteiger partial charge on any atom is 0.291 e. The van der Waals surface area contributed by atoms with Gasteiger partial charge in [-0.3, -0.25) is 10.2 Å². The van der Waals surface area contributed by atoms with Crippen molar-refractivity contribution in [2.24, 2.45) is 5.10 Å². The van der Waals surface area contributed by atoms with Crippen molar-refractivity contribution in [2.45, 2.75) is 26.2 Å². The van der Waals surface area contributed by atoms with Crippen LogP contribution in [0.3, 0.4) is 0 Å². The molecule has 0 atom stereocenters. The monoisotopic (exact) mass is 448 g/mol. The van der Waals surface area contributed by atoms with Crippen molar-refractivity contribution in [1.29, 1.82) is 0 Å². The van der Waals surface area contributed by atoms with E-state index in [1.165, 1.54) is 0 Å². The number of methoxy groups -OCH3 is 1. The van der Waals surface area contributed by atoms with Crippen LogP contribution in [0, 0.1) is 6.92 Å². The number of benzene rings is 2. The molecule has 7 nitrogen and oxygen atoms in total. The number of rotatable bonds is 5. The summed E-state index contributed by atoms with van der Waals surface area (Å²) in [4.78, 5) is 13.0. The van der Waals surface area contributed by atoms with Crippen molar-refractivity contribution in [1.82, 2.24) is 5.43 Å². The molecule has 0 saturated carbocycles. The summed E-state index contributed by atoms with van der Waals surface area (Å²) in [6.45, 7) is 1.88. The van der Waals surface area contributed by atoms with Crippen molar-refractivity contribution in [3.05, 3.63) is 77.2 Å². The van der Waals surface area contributed by atoms with Crippen LogP contribution in [0.5, 0.6) is 5.75 Å². The standard InChI is InChI=1S/C24H24N4O3S/c1-15-21-18(27-28-24(32)25-16-9-4-3-5-10-16)12-8-14-20(21)31-22(15)23(29)26-17-11-6-7-13-19(17)30-2/h3-7,9-11,13H,8,12,14H2,1-2H3,(H,26,29)(H2,25,28,32)/b27-18+. The van der Waals surface area contributed by atoms with Crippen LogP contribution in [-0.2, 0) is 6.42 Å². The fraction of sp³-hybridized carbons (Fsp3) is 0.208. The van der Waals surface area contributed by atoms with Gasteiger partial charge in [0.15, 0.2) is 10.9 Å². The van der Waals surface area contributed by atoms with Gasteiger partial charge in [0.2, 0.25) is 0 Å². The molecular weight excluding hydrogens is 424 g/mol. The van der Waals surface area contributed by atoms with Crippen molar-refractivity contribution in [2.75, 3.05) is 17.7 Å². The Morgan fingerprint density at radius 3 is 2.59 bits per heavy atom. The van der Waals surface area contributed by atoms with E-state index >= 15 is 0 Å². The zero-order valence-electron chi connectivity index (χ0n) is 17.9. The van der Waals surface area contributed by atoms with Gasteiger partial charge in [0.1, 0.15) is 11.5 Å². The third kappa shape index (κ3) is 4.65. The number of thiocarbonyl (C=S) groups is 1. The van der Waals surface area contributed by atoms with Crippen LogP contribution < -0.4 is 20.8 Å². The molecule has 1 amide bonds. The van der Waals surface area contributed by atoms with Gasteiger partial charge in [-0.2, -0.15) is 5.10 Å². The van der Waals surface area contributed by atoms with E-state index in [1.807, 2.05) is 49.4 Å². The summed E-state index contributed by atoms with van der Waals surface area (Å²) in [5.41, 5.74) is 6.83. The molecule has 0 unspecified atom stereocenters. The molecule has 0 bridgehead atoms. The first kappa shape index (κ1) is 21.6. The zero-order valence-corrected chi connectivity index (χ0v) is 18.7. The summed E-state index contributed by atoms with van der Waals surface area (Å²) in [6, 6.07) is 16.9. The average molecular weight is 449 g/mol. The predicted octanol–water partition coefficient (Wildman–Crippen LogP) is 4.88.